The second kappa shape index (κ2) is 4.76. The molecule has 1 aliphatic rings. The molecular weight excluding hydrogens is 134 g/mol. The average molecular weight is 155 g/mol. The van der Waals surface area contributed by atoms with Crippen molar-refractivity contribution in [3.05, 3.63) is 0 Å². The van der Waals surface area contributed by atoms with Crippen LogP contribution >= 0.6 is 0 Å². The van der Waals surface area contributed by atoms with Crippen molar-refractivity contribution >= 4 is 0 Å². The lowest BCUT2D eigenvalue weighted by atomic mass is 9.84. The van der Waals surface area contributed by atoms with Gasteiger partial charge in [-0.2, -0.15) is 0 Å². The van der Waals surface area contributed by atoms with E-state index in [1.54, 1.807) is 0 Å². The van der Waals surface area contributed by atoms with E-state index in [4.69, 9.17) is 0 Å². The zero-order chi connectivity index (χ0) is 8.10. The highest BCUT2D eigenvalue weighted by Gasteiger charge is 2.18. The van der Waals surface area contributed by atoms with Gasteiger partial charge in [0, 0.05) is 6.04 Å². The van der Waals surface area contributed by atoms with E-state index in [9.17, 15) is 0 Å². The fraction of sp³-hybridized carbons (Fsp3) is 1.00. The second-order valence-corrected chi connectivity index (χ2v) is 3.79. The minimum atomic E-state index is 0.822. The van der Waals surface area contributed by atoms with Gasteiger partial charge in [0.05, 0.1) is 0 Å². The van der Waals surface area contributed by atoms with Crippen LogP contribution in [0.4, 0.5) is 0 Å². The molecule has 0 heterocycles. The van der Waals surface area contributed by atoms with E-state index in [0.717, 1.165) is 12.0 Å². The molecular formula is C10H21N. The van der Waals surface area contributed by atoms with Crippen molar-refractivity contribution in [1.29, 1.82) is 0 Å². The number of rotatable bonds is 3. The van der Waals surface area contributed by atoms with E-state index < -0.39 is 0 Å². The third kappa shape index (κ3) is 2.82. The van der Waals surface area contributed by atoms with Crippen LogP contribution in [0.5, 0.6) is 0 Å². The van der Waals surface area contributed by atoms with Crippen LogP contribution < -0.4 is 5.32 Å². The topological polar surface area (TPSA) is 12.0 Å². The molecule has 0 aromatic rings. The molecule has 0 aromatic carbocycles. The van der Waals surface area contributed by atoms with E-state index in [-0.39, 0.29) is 0 Å². The lowest BCUT2D eigenvalue weighted by molar-refractivity contribution is 0.287. The Kier molecular flexibility index (Phi) is 3.92. The van der Waals surface area contributed by atoms with Crippen LogP contribution in [0, 0.1) is 5.92 Å². The summed E-state index contributed by atoms with van der Waals surface area (Å²) in [6.07, 6.45) is 8.55. The van der Waals surface area contributed by atoms with Gasteiger partial charge in [0.25, 0.3) is 0 Å². The molecule has 1 aliphatic carbocycles. The predicted molar refractivity (Wildman–Crippen MR) is 49.7 cm³/mol. The summed E-state index contributed by atoms with van der Waals surface area (Å²) < 4.78 is 0. The number of hydrogen-bond acceptors (Lipinski definition) is 1. The Balaban J connectivity index is 2.14. The molecule has 0 aliphatic heterocycles. The Hall–Kier alpha value is -0.0400. The first-order valence-electron chi connectivity index (χ1n) is 5.04. The van der Waals surface area contributed by atoms with Crippen molar-refractivity contribution < 1.29 is 0 Å². The molecule has 0 unspecified atom stereocenters. The van der Waals surface area contributed by atoms with Gasteiger partial charge < -0.3 is 5.32 Å². The van der Waals surface area contributed by atoms with Crippen molar-refractivity contribution in [2.45, 2.75) is 51.5 Å². The summed E-state index contributed by atoms with van der Waals surface area (Å²) in [7, 11) is 2.09. The van der Waals surface area contributed by atoms with Crippen LogP contribution in [-0.4, -0.2) is 13.1 Å². The second-order valence-electron chi connectivity index (χ2n) is 3.79. The SMILES string of the molecule is CCC[C@H]1CC[C@H](NC)CC1. The van der Waals surface area contributed by atoms with Crippen molar-refractivity contribution in [1.82, 2.24) is 5.32 Å². The zero-order valence-corrected chi connectivity index (χ0v) is 7.90. The molecule has 0 aromatic heterocycles. The molecule has 1 heteroatoms. The van der Waals surface area contributed by atoms with E-state index in [1.807, 2.05) is 0 Å². The monoisotopic (exact) mass is 155 g/mol. The summed E-state index contributed by atoms with van der Waals surface area (Å²) in [4.78, 5) is 0. The third-order valence-electron chi connectivity index (χ3n) is 2.95. The fourth-order valence-corrected chi connectivity index (χ4v) is 2.15. The molecule has 1 rings (SSSR count). The minimum Gasteiger partial charge on any atom is -0.317 e. The summed E-state index contributed by atoms with van der Waals surface area (Å²) in [6, 6.07) is 0.822. The van der Waals surface area contributed by atoms with Gasteiger partial charge in [0.2, 0.25) is 0 Å². The van der Waals surface area contributed by atoms with Gasteiger partial charge in [-0.25, -0.2) is 0 Å². The smallest absolute Gasteiger partial charge is 0.00642 e. The molecule has 0 saturated heterocycles. The largest absolute Gasteiger partial charge is 0.317 e. The summed E-state index contributed by atoms with van der Waals surface area (Å²) in [5.41, 5.74) is 0. The van der Waals surface area contributed by atoms with Gasteiger partial charge in [0.1, 0.15) is 0 Å². The molecule has 11 heavy (non-hydrogen) atoms. The average Bonchev–Trinajstić information content (AvgIpc) is 2.07. The first-order valence-corrected chi connectivity index (χ1v) is 5.04. The maximum atomic E-state index is 3.37. The Morgan fingerprint density at radius 3 is 2.27 bits per heavy atom. The molecule has 0 amide bonds. The standard InChI is InChI=1S/C10H21N/c1-3-4-9-5-7-10(11-2)8-6-9/h9-11H,3-8H2,1-2H3/t9-,10-. The van der Waals surface area contributed by atoms with Crippen LogP contribution in [0.1, 0.15) is 45.4 Å². The number of hydrogen-bond donors (Lipinski definition) is 1. The molecule has 0 atom stereocenters. The Morgan fingerprint density at radius 2 is 1.82 bits per heavy atom. The van der Waals surface area contributed by atoms with Gasteiger partial charge >= 0.3 is 0 Å². The molecule has 0 spiro atoms. The van der Waals surface area contributed by atoms with Gasteiger partial charge in [-0.3, -0.25) is 0 Å². The minimum absolute atomic E-state index is 0.822. The van der Waals surface area contributed by atoms with Crippen LogP contribution in [0.3, 0.4) is 0 Å². The van der Waals surface area contributed by atoms with E-state index in [1.165, 1.54) is 38.5 Å². The highest BCUT2D eigenvalue weighted by molar-refractivity contribution is 4.75. The maximum absolute atomic E-state index is 3.37. The molecule has 1 saturated carbocycles. The highest BCUT2D eigenvalue weighted by Crippen LogP contribution is 2.27. The van der Waals surface area contributed by atoms with Gasteiger partial charge in [-0.15, -0.1) is 0 Å². The van der Waals surface area contributed by atoms with E-state index >= 15 is 0 Å². The quantitative estimate of drug-likeness (QED) is 0.660. The van der Waals surface area contributed by atoms with Gasteiger partial charge in [-0.05, 0) is 38.6 Å². The number of nitrogens with one attached hydrogen (secondary N) is 1. The van der Waals surface area contributed by atoms with Crippen molar-refractivity contribution in [3.63, 3.8) is 0 Å². The molecule has 0 bridgehead atoms. The van der Waals surface area contributed by atoms with Crippen molar-refractivity contribution in [3.8, 4) is 0 Å². The molecule has 1 fully saturated rings. The molecule has 66 valence electrons. The highest BCUT2D eigenvalue weighted by atomic mass is 14.9. The summed E-state index contributed by atoms with van der Waals surface area (Å²) in [5, 5.41) is 3.37. The summed E-state index contributed by atoms with van der Waals surface area (Å²) in [6.45, 7) is 2.30. The maximum Gasteiger partial charge on any atom is 0.00642 e. The van der Waals surface area contributed by atoms with E-state index in [0.29, 0.717) is 0 Å². The van der Waals surface area contributed by atoms with Crippen molar-refractivity contribution in [2.75, 3.05) is 7.05 Å². The first kappa shape index (κ1) is 9.05. The Labute approximate surface area is 70.6 Å². The van der Waals surface area contributed by atoms with Crippen molar-refractivity contribution in [2.24, 2.45) is 5.92 Å². The fourth-order valence-electron chi connectivity index (χ4n) is 2.15. The lowest BCUT2D eigenvalue weighted by Crippen LogP contribution is -2.30. The van der Waals surface area contributed by atoms with Crippen LogP contribution in [0.25, 0.3) is 0 Å². The lowest BCUT2D eigenvalue weighted by Gasteiger charge is -2.27. The summed E-state index contributed by atoms with van der Waals surface area (Å²) in [5.74, 6) is 1.05. The Bertz CT molecular complexity index is 93.0. The normalized spacial score (nSPS) is 32.2. The first-order chi connectivity index (χ1) is 5.36. The van der Waals surface area contributed by atoms with Crippen LogP contribution in [-0.2, 0) is 0 Å². The third-order valence-corrected chi connectivity index (χ3v) is 2.95. The Morgan fingerprint density at radius 1 is 1.18 bits per heavy atom. The van der Waals surface area contributed by atoms with E-state index in [2.05, 4.69) is 19.3 Å². The zero-order valence-electron chi connectivity index (χ0n) is 7.90. The van der Waals surface area contributed by atoms with Gasteiger partial charge in [0.15, 0.2) is 0 Å². The van der Waals surface area contributed by atoms with Crippen LogP contribution in [0.15, 0.2) is 0 Å². The van der Waals surface area contributed by atoms with Gasteiger partial charge in [-0.1, -0.05) is 19.8 Å². The molecule has 1 N–H and O–H groups in total. The molecule has 1 nitrogen and oxygen atoms in total. The van der Waals surface area contributed by atoms with Crippen LogP contribution in [0.2, 0.25) is 0 Å². The summed E-state index contributed by atoms with van der Waals surface area (Å²) >= 11 is 0. The molecule has 0 radical (unpaired) electrons. The predicted octanol–water partition coefficient (Wildman–Crippen LogP) is 2.56.